The molecule has 2 unspecified atom stereocenters. The molecule has 55 heavy (non-hydrogen) atoms. The Morgan fingerprint density at radius 3 is 1.51 bits per heavy atom. The molecule has 2 aliphatic rings. The third-order valence-electron chi connectivity index (χ3n) is 10.3. The zero-order chi connectivity index (χ0) is 37.8. The molecule has 0 spiro atoms. The Hall–Kier alpha value is -5.75. The number of carbonyl (C=O) groups is 3. The first kappa shape index (κ1) is 36.2. The van der Waals surface area contributed by atoms with E-state index in [1.807, 2.05) is 146 Å². The van der Waals surface area contributed by atoms with E-state index in [2.05, 4.69) is 41.7 Å². The van der Waals surface area contributed by atoms with E-state index in [-0.39, 0.29) is 17.5 Å². The topological polar surface area (TPSA) is 75.7 Å². The van der Waals surface area contributed by atoms with Gasteiger partial charge in [0.1, 0.15) is 39.6 Å². The minimum absolute atomic E-state index is 0.173. The van der Waals surface area contributed by atoms with Gasteiger partial charge in [0, 0.05) is 12.5 Å². The Morgan fingerprint density at radius 1 is 0.655 bits per heavy atom. The van der Waals surface area contributed by atoms with Crippen LogP contribution in [0.15, 0.2) is 193 Å². The second kappa shape index (κ2) is 15.9. The van der Waals surface area contributed by atoms with Gasteiger partial charge < -0.3 is 10.1 Å². The molecule has 8 heteroatoms. The van der Waals surface area contributed by atoms with E-state index in [0.717, 1.165) is 32.6 Å². The quantitative estimate of drug-likeness (QED) is 0.0832. The van der Waals surface area contributed by atoms with Gasteiger partial charge in [-0.05, 0) is 53.1 Å². The van der Waals surface area contributed by atoms with Crippen molar-refractivity contribution in [2.75, 3.05) is 6.16 Å². The van der Waals surface area contributed by atoms with Crippen LogP contribution in [0.2, 0.25) is 0 Å². The number of fused-ring (bicyclic) bond motifs is 1. The zero-order valence-corrected chi connectivity index (χ0v) is 32.0. The number of hydrogen-bond acceptors (Lipinski definition) is 5. The lowest BCUT2D eigenvalue weighted by Crippen LogP contribution is -2.62. The maximum Gasteiger partial charge on any atom is 0.356 e. The predicted molar refractivity (Wildman–Crippen MR) is 223 cm³/mol. The molecule has 6 nitrogen and oxygen atoms in total. The first-order valence-electron chi connectivity index (χ1n) is 18.3. The van der Waals surface area contributed by atoms with E-state index in [9.17, 15) is 9.59 Å². The molecule has 6 aromatic rings. The van der Waals surface area contributed by atoms with Crippen LogP contribution in [-0.2, 0) is 19.1 Å². The van der Waals surface area contributed by atoms with Crippen molar-refractivity contribution in [3.8, 4) is 0 Å². The van der Waals surface area contributed by atoms with Gasteiger partial charge in [-0.15, -0.1) is 11.8 Å². The van der Waals surface area contributed by atoms with Crippen LogP contribution in [-0.4, -0.2) is 39.6 Å². The fourth-order valence-electron chi connectivity index (χ4n) is 7.77. The standard InChI is InChI=1S/C47H39N2O4PS/c1-33(50)48-44-40(32-54(37-26-14-5-15-27-37,38-28-16-6-17-29-38)39-30-18-7-19-31-39)42(49-45(51)41(46(49)55-44)34-20-8-2-9-21-34)47(52)53-43(35-22-10-3-11-23-35)36-24-12-4-13-25-36/h2-31,41,43-44,46H,32H2,1H3/p+1/t41?,44?,46-/m1/s1. The molecule has 1 N–H and O–H groups in total. The first-order valence-corrected chi connectivity index (χ1v) is 21.3. The molecule has 0 aliphatic carbocycles. The first-order chi connectivity index (χ1) is 27.0. The minimum Gasteiger partial charge on any atom is -0.448 e. The number of esters is 1. The van der Waals surface area contributed by atoms with Gasteiger partial charge >= 0.3 is 5.97 Å². The highest BCUT2D eigenvalue weighted by Gasteiger charge is 2.59. The van der Waals surface area contributed by atoms with Crippen LogP contribution in [0.1, 0.15) is 35.6 Å². The smallest absolute Gasteiger partial charge is 0.356 e. The molecule has 1 saturated heterocycles. The maximum atomic E-state index is 15.3. The van der Waals surface area contributed by atoms with Gasteiger partial charge in [0.25, 0.3) is 0 Å². The number of rotatable bonds is 11. The van der Waals surface area contributed by atoms with Crippen molar-refractivity contribution in [3.63, 3.8) is 0 Å². The minimum atomic E-state index is -2.61. The highest BCUT2D eigenvalue weighted by Crippen LogP contribution is 2.60. The average Bonchev–Trinajstić information content (AvgIpc) is 3.24. The molecule has 0 aromatic heterocycles. The highest BCUT2D eigenvalue weighted by atomic mass is 32.2. The normalized spacial score (nSPS) is 18.0. The predicted octanol–water partition coefficient (Wildman–Crippen LogP) is 7.73. The number of ether oxygens (including phenoxy) is 1. The molecule has 1 fully saturated rings. The summed E-state index contributed by atoms with van der Waals surface area (Å²) in [4.78, 5) is 44.7. The number of hydrogen-bond donors (Lipinski definition) is 1. The number of amides is 2. The van der Waals surface area contributed by atoms with Crippen LogP contribution in [0.3, 0.4) is 0 Å². The Balaban J connectivity index is 1.36. The number of thioether (sulfide) groups is 1. The van der Waals surface area contributed by atoms with Gasteiger partial charge in [-0.2, -0.15) is 0 Å². The molecule has 2 aliphatic heterocycles. The number of nitrogens with zero attached hydrogens (tertiary/aromatic N) is 1. The summed E-state index contributed by atoms with van der Waals surface area (Å²) in [6.45, 7) is 1.50. The van der Waals surface area contributed by atoms with Crippen molar-refractivity contribution in [1.29, 1.82) is 0 Å². The molecule has 6 aromatic carbocycles. The summed E-state index contributed by atoms with van der Waals surface area (Å²) in [5.41, 5.74) is 3.34. The Morgan fingerprint density at radius 2 is 1.07 bits per heavy atom. The lowest BCUT2D eigenvalue weighted by Gasteiger charge is -2.52. The lowest BCUT2D eigenvalue weighted by atomic mass is 9.88. The summed E-state index contributed by atoms with van der Waals surface area (Å²) in [6, 6.07) is 60.2. The zero-order valence-electron chi connectivity index (χ0n) is 30.3. The Labute approximate surface area is 326 Å². The SMILES string of the molecule is CC(=O)NC1S[C@@H]2C(c3ccccc3)C(=O)N2C(C(=O)OC(c2ccccc2)c2ccccc2)=C1C[P+](c1ccccc1)(c1ccccc1)c1ccccc1. The van der Waals surface area contributed by atoms with E-state index < -0.39 is 36.0 Å². The maximum absolute atomic E-state index is 15.3. The monoisotopic (exact) mass is 759 g/mol. The molecule has 0 saturated carbocycles. The fourth-order valence-corrected chi connectivity index (χ4v) is 13.9. The molecular weight excluding hydrogens is 720 g/mol. The van der Waals surface area contributed by atoms with Crippen LogP contribution < -0.4 is 21.2 Å². The Kier molecular flexibility index (Phi) is 10.5. The summed E-state index contributed by atoms with van der Waals surface area (Å²) in [6.07, 6.45) is -0.365. The van der Waals surface area contributed by atoms with Crippen molar-refractivity contribution in [2.45, 2.75) is 29.7 Å². The van der Waals surface area contributed by atoms with Crippen LogP contribution >= 0.6 is 19.0 Å². The van der Waals surface area contributed by atoms with E-state index >= 15 is 4.79 Å². The van der Waals surface area contributed by atoms with Crippen molar-refractivity contribution < 1.29 is 19.1 Å². The van der Waals surface area contributed by atoms with Crippen molar-refractivity contribution in [1.82, 2.24) is 10.2 Å². The number of benzene rings is 6. The highest BCUT2D eigenvalue weighted by molar-refractivity contribution is 8.01. The third kappa shape index (κ3) is 7.02. The van der Waals surface area contributed by atoms with Crippen LogP contribution in [0, 0.1) is 0 Å². The van der Waals surface area contributed by atoms with Gasteiger partial charge in [-0.1, -0.05) is 146 Å². The molecule has 272 valence electrons. The number of carbonyl (C=O) groups excluding carboxylic acids is 3. The van der Waals surface area contributed by atoms with Gasteiger partial charge in [-0.25, -0.2) is 4.79 Å². The van der Waals surface area contributed by atoms with E-state index in [1.165, 1.54) is 18.7 Å². The molecular formula is C47H40N2O4PS+. The van der Waals surface area contributed by atoms with E-state index in [4.69, 9.17) is 4.74 Å². The van der Waals surface area contributed by atoms with E-state index in [0.29, 0.717) is 11.7 Å². The number of nitrogens with one attached hydrogen (secondary N) is 1. The summed E-state index contributed by atoms with van der Waals surface area (Å²) in [7, 11) is -2.61. The summed E-state index contributed by atoms with van der Waals surface area (Å²) in [5.74, 6) is -1.51. The van der Waals surface area contributed by atoms with Crippen LogP contribution in [0.4, 0.5) is 0 Å². The second-order valence-corrected chi connectivity index (χ2v) is 18.4. The van der Waals surface area contributed by atoms with Crippen molar-refractivity contribution in [3.05, 3.63) is 210 Å². The van der Waals surface area contributed by atoms with Gasteiger partial charge in [0.05, 0.1) is 12.1 Å². The molecule has 3 atom stereocenters. The molecule has 0 radical (unpaired) electrons. The third-order valence-corrected chi connectivity index (χ3v) is 16.1. The van der Waals surface area contributed by atoms with E-state index in [1.54, 1.807) is 4.90 Å². The molecule has 2 heterocycles. The lowest BCUT2D eigenvalue weighted by molar-refractivity contribution is -0.153. The second-order valence-electron chi connectivity index (χ2n) is 13.7. The largest absolute Gasteiger partial charge is 0.448 e. The van der Waals surface area contributed by atoms with Crippen LogP contribution in [0.25, 0.3) is 0 Å². The van der Waals surface area contributed by atoms with Crippen molar-refractivity contribution >= 4 is 52.7 Å². The average molecular weight is 760 g/mol. The molecule has 0 bridgehead atoms. The molecule has 8 rings (SSSR count). The summed E-state index contributed by atoms with van der Waals surface area (Å²) < 4.78 is 6.62. The number of β-lactam (4-membered cyclic amide) rings is 1. The summed E-state index contributed by atoms with van der Waals surface area (Å²) in [5, 5.41) is 5.50. The van der Waals surface area contributed by atoms with Crippen molar-refractivity contribution in [2.24, 2.45) is 0 Å². The van der Waals surface area contributed by atoms with Gasteiger partial charge in [0.2, 0.25) is 11.8 Å². The summed E-state index contributed by atoms with van der Waals surface area (Å²) >= 11 is 1.51. The van der Waals surface area contributed by atoms with Crippen LogP contribution in [0.5, 0.6) is 0 Å². The Bertz CT molecular complexity index is 2170. The fraction of sp³-hybridized carbons (Fsp3) is 0.128. The molecule has 2 amide bonds. The van der Waals surface area contributed by atoms with Gasteiger partial charge in [0.15, 0.2) is 6.10 Å². The van der Waals surface area contributed by atoms with Gasteiger partial charge in [-0.3, -0.25) is 14.5 Å².